The van der Waals surface area contributed by atoms with Crippen LogP contribution in [0, 0.1) is 24.5 Å². The fourth-order valence-electron chi connectivity index (χ4n) is 4.90. The smallest absolute Gasteiger partial charge is 0.274 e. The molecular weight excluding hydrogens is 492 g/mol. The normalized spacial score (nSPS) is 15.3. The Morgan fingerprint density at radius 1 is 1.16 bits per heavy atom. The second-order valence-corrected chi connectivity index (χ2v) is 11.0. The SMILES string of the molecule is Cc1cc(C(C)(C)NC(=O)CC2(NC(=O)c3cc(-c4ccc(F)cc4F)on3)CN(CC(C)C)C2)ccn1. The molecule has 1 aliphatic rings. The number of nitrogens with zero attached hydrogens (tertiary/aromatic N) is 3. The van der Waals surface area contributed by atoms with E-state index in [1.165, 1.54) is 12.1 Å². The van der Waals surface area contributed by atoms with Crippen LogP contribution in [0.2, 0.25) is 0 Å². The van der Waals surface area contributed by atoms with Crippen LogP contribution in [0.15, 0.2) is 47.1 Å². The zero-order chi connectivity index (χ0) is 27.7. The molecule has 3 heterocycles. The van der Waals surface area contributed by atoms with Gasteiger partial charge in [-0.05, 0) is 56.5 Å². The van der Waals surface area contributed by atoms with Crippen LogP contribution in [0.3, 0.4) is 0 Å². The third-order valence-electron chi connectivity index (χ3n) is 6.56. The van der Waals surface area contributed by atoms with Gasteiger partial charge >= 0.3 is 0 Å². The number of nitrogens with one attached hydrogen (secondary N) is 2. The quantitative estimate of drug-likeness (QED) is 0.434. The maximum atomic E-state index is 14.2. The zero-order valence-corrected chi connectivity index (χ0v) is 22.3. The fraction of sp³-hybridized carbons (Fsp3) is 0.429. The number of amides is 2. The van der Waals surface area contributed by atoms with Gasteiger partial charge in [-0.15, -0.1) is 0 Å². The van der Waals surface area contributed by atoms with E-state index in [4.69, 9.17) is 4.52 Å². The van der Waals surface area contributed by atoms with Crippen molar-refractivity contribution in [2.75, 3.05) is 19.6 Å². The summed E-state index contributed by atoms with van der Waals surface area (Å²) >= 11 is 0. The van der Waals surface area contributed by atoms with Crippen molar-refractivity contribution in [3.63, 3.8) is 0 Å². The summed E-state index contributed by atoms with van der Waals surface area (Å²) in [6.45, 7) is 11.8. The number of likely N-dealkylation sites (tertiary alicyclic amines) is 1. The van der Waals surface area contributed by atoms with Gasteiger partial charge in [-0.25, -0.2) is 8.78 Å². The highest BCUT2D eigenvalue weighted by atomic mass is 19.1. The number of pyridine rings is 1. The molecule has 1 aliphatic heterocycles. The Bertz CT molecular complexity index is 1330. The number of rotatable bonds is 9. The number of carbonyl (C=O) groups excluding carboxylic acids is 2. The first-order chi connectivity index (χ1) is 17.9. The molecule has 8 nitrogen and oxygen atoms in total. The predicted octanol–water partition coefficient (Wildman–Crippen LogP) is 4.21. The molecule has 0 radical (unpaired) electrons. The Kier molecular flexibility index (Phi) is 7.64. The summed E-state index contributed by atoms with van der Waals surface area (Å²) in [7, 11) is 0. The molecule has 0 unspecified atom stereocenters. The first-order valence-corrected chi connectivity index (χ1v) is 12.6. The highest BCUT2D eigenvalue weighted by Gasteiger charge is 2.46. The van der Waals surface area contributed by atoms with Crippen molar-refractivity contribution in [1.82, 2.24) is 25.7 Å². The lowest BCUT2D eigenvalue weighted by atomic mass is 9.84. The van der Waals surface area contributed by atoms with Gasteiger partial charge in [0.1, 0.15) is 11.6 Å². The van der Waals surface area contributed by atoms with E-state index in [-0.39, 0.29) is 29.3 Å². The number of carbonyl (C=O) groups is 2. The van der Waals surface area contributed by atoms with Gasteiger partial charge in [-0.1, -0.05) is 19.0 Å². The Morgan fingerprint density at radius 3 is 2.55 bits per heavy atom. The first-order valence-electron chi connectivity index (χ1n) is 12.6. The summed E-state index contributed by atoms with van der Waals surface area (Å²) in [5, 5.41) is 9.85. The Labute approximate surface area is 220 Å². The van der Waals surface area contributed by atoms with Gasteiger partial charge in [-0.3, -0.25) is 19.5 Å². The minimum absolute atomic E-state index is 0.00359. The number of aromatic nitrogens is 2. The van der Waals surface area contributed by atoms with Gasteiger partial charge in [0.05, 0.1) is 23.1 Å². The average molecular weight is 526 g/mol. The van der Waals surface area contributed by atoms with Gasteiger partial charge in [0.15, 0.2) is 11.5 Å². The molecule has 0 spiro atoms. The minimum atomic E-state index is -0.823. The van der Waals surface area contributed by atoms with Crippen molar-refractivity contribution in [2.45, 2.75) is 52.1 Å². The number of aryl methyl sites for hydroxylation is 1. The third kappa shape index (κ3) is 6.24. The van der Waals surface area contributed by atoms with E-state index in [2.05, 4.69) is 39.5 Å². The molecular formula is C28H33F2N5O3. The molecule has 0 atom stereocenters. The van der Waals surface area contributed by atoms with Crippen molar-refractivity contribution < 1.29 is 22.9 Å². The molecule has 38 heavy (non-hydrogen) atoms. The van der Waals surface area contributed by atoms with E-state index in [1.807, 2.05) is 32.9 Å². The van der Waals surface area contributed by atoms with E-state index < -0.39 is 28.6 Å². The Morgan fingerprint density at radius 2 is 1.89 bits per heavy atom. The number of hydrogen-bond acceptors (Lipinski definition) is 6. The van der Waals surface area contributed by atoms with Crippen molar-refractivity contribution >= 4 is 11.8 Å². The lowest BCUT2D eigenvalue weighted by Crippen LogP contribution is -2.71. The largest absolute Gasteiger partial charge is 0.355 e. The number of benzene rings is 1. The minimum Gasteiger partial charge on any atom is -0.355 e. The molecule has 1 saturated heterocycles. The van der Waals surface area contributed by atoms with Gasteiger partial charge in [0, 0.05) is 43.7 Å². The van der Waals surface area contributed by atoms with Crippen LogP contribution in [0.5, 0.6) is 0 Å². The van der Waals surface area contributed by atoms with Crippen LogP contribution in [0.1, 0.15) is 55.9 Å². The summed E-state index contributed by atoms with van der Waals surface area (Å²) < 4.78 is 32.6. The fourth-order valence-corrected chi connectivity index (χ4v) is 4.90. The van der Waals surface area contributed by atoms with Gasteiger partial charge in [-0.2, -0.15) is 0 Å². The van der Waals surface area contributed by atoms with Crippen LogP contribution >= 0.6 is 0 Å². The average Bonchev–Trinajstić information content (AvgIpc) is 3.27. The molecule has 2 aromatic heterocycles. The molecule has 10 heteroatoms. The third-order valence-corrected chi connectivity index (χ3v) is 6.56. The molecule has 1 aromatic carbocycles. The molecule has 0 aliphatic carbocycles. The van der Waals surface area contributed by atoms with Crippen molar-refractivity contribution in [3.05, 3.63) is 71.2 Å². The monoisotopic (exact) mass is 525 g/mol. The molecule has 1 fully saturated rings. The van der Waals surface area contributed by atoms with Crippen LogP contribution in [-0.2, 0) is 10.3 Å². The lowest BCUT2D eigenvalue weighted by Gasteiger charge is -2.51. The molecule has 0 bridgehead atoms. The van der Waals surface area contributed by atoms with Gasteiger partial charge < -0.3 is 15.2 Å². The van der Waals surface area contributed by atoms with Crippen molar-refractivity contribution in [2.24, 2.45) is 5.92 Å². The maximum absolute atomic E-state index is 14.2. The second kappa shape index (κ2) is 10.6. The van der Waals surface area contributed by atoms with E-state index in [9.17, 15) is 18.4 Å². The first kappa shape index (κ1) is 27.4. The summed E-state index contributed by atoms with van der Waals surface area (Å²) in [6.07, 6.45) is 1.78. The van der Waals surface area contributed by atoms with Crippen LogP contribution in [0.25, 0.3) is 11.3 Å². The standard InChI is InChI=1S/C28H33F2N5O3/c1-17(2)14-35-15-28(16-35,13-25(36)32-27(4,5)19-8-9-31-18(3)10-19)33-26(37)23-12-24(38-34-23)21-7-6-20(29)11-22(21)30/h6-12,17H,13-16H2,1-5H3,(H,32,36)(H,33,37). The van der Waals surface area contributed by atoms with Gasteiger partial charge in [0.25, 0.3) is 5.91 Å². The predicted molar refractivity (Wildman–Crippen MR) is 138 cm³/mol. The maximum Gasteiger partial charge on any atom is 0.274 e. The summed E-state index contributed by atoms with van der Waals surface area (Å²) in [6, 6.07) is 8.15. The summed E-state index contributed by atoms with van der Waals surface area (Å²) in [5.41, 5.74) is 0.266. The second-order valence-electron chi connectivity index (χ2n) is 11.0. The molecule has 0 saturated carbocycles. The van der Waals surface area contributed by atoms with Crippen molar-refractivity contribution in [3.8, 4) is 11.3 Å². The molecule has 3 aromatic rings. The van der Waals surface area contributed by atoms with E-state index in [0.29, 0.717) is 19.0 Å². The highest BCUT2D eigenvalue weighted by Crippen LogP contribution is 2.29. The topological polar surface area (TPSA) is 100 Å². The Balaban J connectivity index is 1.49. The number of hydrogen-bond donors (Lipinski definition) is 2. The number of halogens is 2. The Hall–Kier alpha value is -3.66. The lowest BCUT2D eigenvalue weighted by molar-refractivity contribution is -0.126. The van der Waals surface area contributed by atoms with Crippen molar-refractivity contribution in [1.29, 1.82) is 0 Å². The molecule has 2 amide bonds. The zero-order valence-electron chi connectivity index (χ0n) is 22.3. The summed E-state index contributed by atoms with van der Waals surface area (Å²) in [4.78, 5) is 32.8. The highest BCUT2D eigenvalue weighted by molar-refractivity contribution is 5.94. The van der Waals surface area contributed by atoms with E-state index in [0.717, 1.165) is 29.9 Å². The van der Waals surface area contributed by atoms with Crippen LogP contribution in [-0.4, -0.2) is 52.0 Å². The van der Waals surface area contributed by atoms with Crippen LogP contribution < -0.4 is 10.6 Å². The molecule has 202 valence electrons. The van der Waals surface area contributed by atoms with Gasteiger partial charge in [0.2, 0.25) is 5.91 Å². The van der Waals surface area contributed by atoms with E-state index in [1.54, 1.807) is 6.20 Å². The van der Waals surface area contributed by atoms with Crippen LogP contribution in [0.4, 0.5) is 8.78 Å². The summed E-state index contributed by atoms with van der Waals surface area (Å²) in [5.74, 6) is -1.86. The molecule has 4 rings (SSSR count). The van der Waals surface area contributed by atoms with E-state index >= 15 is 0 Å². The molecule has 2 N–H and O–H groups in total.